The lowest BCUT2D eigenvalue weighted by molar-refractivity contribution is 0.104. The van der Waals surface area contributed by atoms with Crippen molar-refractivity contribution in [3.63, 3.8) is 0 Å². The molecule has 0 fully saturated rings. The lowest BCUT2D eigenvalue weighted by Crippen LogP contribution is -1.92. The summed E-state index contributed by atoms with van der Waals surface area (Å²) in [7, 11) is 0. The number of carbonyl (C=O) groups excluding carboxylic acids is 1. The number of hydrogen-bond donors (Lipinski definition) is 0. The highest BCUT2D eigenvalue weighted by Gasteiger charge is 2.21. The minimum atomic E-state index is -0.0278. The molecule has 0 bridgehead atoms. The third-order valence-electron chi connectivity index (χ3n) is 4.09. The fraction of sp³-hybridized carbons (Fsp3) is 0. The first-order chi connectivity index (χ1) is 11.3. The highest BCUT2D eigenvalue weighted by Crippen LogP contribution is 2.43. The molecule has 1 aliphatic rings. The molecule has 0 N–H and O–H groups in total. The molecule has 0 unspecified atom stereocenters. The Hall–Kier alpha value is -3.15. The predicted octanol–water partition coefficient (Wildman–Crippen LogP) is 5.14. The Morgan fingerprint density at radius 3 is 1.70 bits per heavy atom. The largest absolute Gasteiger partial charge is 0.289 e. The van der Waals surface area contributed by atoms with Gasteiger partial charge in [-0.1, -0.05) is 78.9 Å². The monoisotopic (exact) mass is 294 g/mol. The van der Waals surface area contributed by atoms with Crippen LogP contribution < -0.4 is 0 Å². The van der Waals surface area contributed by atoms with E-state index in [1.54, 1.807) is 6.08 Å². The topological polar surface area (TPSA) is 17.1 Å². The Balaban J connectivity index is 1.86. The molecule has 1 aliphatic carbocycles. The van der Waals surface area contributed by atoms with E-state index >= 15 is 0 Å². The zero-order valence-corrected chi connectivity index (χ0v) is 12.5. The summed E-state index contributed by atoms with van der Waals surface area (Å²) < 4.78 is 0. The van der Waals surface area contributed by atoms with Gasteiger partial charge in [0.15, 0.2) is 5.78 Å². The maximum Gasteiger partial charge on any atom is 0.193 e. The molecule has 1 nitrogen and oxygen atoms in total. The van der Waals surface area contributed by atoms with E-state index < -0.39 is 0 Å². The molecule has 1 heteroatoms. The average Bonchev–Trinajstić information content (AvgIpc) is 2.94. The quantitative estimate of drug-likeness (QED) is 0.284. The minimum absolute atomic E-state index is 0.0278. The zero-order chi connectivity index (χ0) is 15.6. The maximum atomic E-state index is 12.3. The number of ketones is 1. The second-order valence-electron chi connectivity index (χ2n) is 5.49. The summed E-state index contributed by atoms with van der Waals surface area (Å²) in [4.78, 5) is 12.3. The van der Waals surface area contributed by atoms with Gasteiger partial charge < -0.3 is 0 Å². The second kappa shape index (κ2) is 5.57. The van der Waals surface area contributed by atoms with Gasteiger partial charge in [-0.3, -0.25) is 4.79 Å². The van der Waals surface area contributed by atoms with Crippen LogP contribution in [0.5, 0.6) is 0 Å². The molecule has 0 radical (unpaired) electrons. The predicted molar refractivity (Wildman–Crippen MR) is 93.2 cm³/mol. The van der Waals surface area contributed by atoms with Crippen molar-refractivity contribution >= 4 is 11.4 Å². The van der Waals surface area contributed by atoms with Crippen LogP contribution in [0.25, 0.3) is 16.7 Å². The van der Waals surface area contributed by atoms with Crippen molar-refractivity contribution in [1.29, 1.82) is 0 Å². The van der Waals surface area contributed by atoms with Crippen molar-refractivity contribution in [3.8, 4) is 11.1 Å². The summed E-state index contributed by atoms with van der Waals surface area (Å²) >= 11 is 0. The highest BCUT2D eigenvalue weighted by atomic mass is 16.1. The van der Waals surface area contributed by atoms with Crippen LogP contribution in [0.1, 0.15) is 21.5 Å². The van der Waals surface area contributed by atoms with E-state index in [4.69, 9.17) is 0 Å². The standard InChI is InChI=1S/C22H14O/c23-22(16-8-2-1-3-9-16)15-14-21-19-12-6-4-10-17(19)18-11-5-7-13-20(18)21/h1-13,15H. The molecule has 4 rings (SSSR count). The molecule has 0 saturated carbocycles. The lowest BCUT2D eigenvalue weighted by Gasteiger charge is -1.98. The molecule has 0 atom stereocenters. The Morgan fingerprint density at radius 2 is 1.13 bits per heavy atom. The van der Waals surface area contributed by atoms with Crippen LogP contribution in [0, 0.1) is 0 Å². The molecule has 108 valence electrons. The number of allylic oxidation sites excluding steroid dienone is 1. The van der Waals surface area contributed by atoms with Crippen molar-refractivity contribution < 1.29 is 4.79 Å². The molecule has 0 aromatic heterocycles. The van der Waals surface area contributed by atoms with E-state index in [-0.39, 0.29) is 5.78 Å². The Bertz CT molecular complexity index is 911. The molecular formula is C22H14O. The smallest absolute Gasteiger partial charge is 0.193 e. The first kappa shape index (κ1) is 13.5. The molecule has 0 saturated heterocycles. The summed E-state index contributed by atoms with van der Waals surface area (Å²) in [5.74, 6) is -0.0278. The second-order valence-corrected chi connectivity index (χ2v) is 5.49. The number of fused-ring (bicyclic) bond motifs is 3. The molecule has 0 spiro atoms. The normalized spacial score (nSPS) is 11.4. The van der Waals surface area contributed by atoms with Gasteiger partial charge >= 0.3 is 0 Å². The molecule has 23 heavy (non-hydrogen) atoms. The first-order valence-corrected chi connectivity index (χ1v) is 7.60. The molecule has 3 aromatic carbocycles. The Labute approximate surface area is 135 Å². The van der Waals surface area contributed by atoms with Crippen LogP contribution in [0.4, 0.5) is 0 Å². The average molecular weight is 294 g/mol. The van der Waals surface area contributed by atoms with Gasteiger partial charge in [0, 0.05) is 17.2 Å². The van der Waals surface area contributed by atoms with E-state index in [1.165, 1.54) is 11.1 Å². The summed E-state index contributed by atoms with van der Waals surface area (Å²) in [5.41, 5.74) is 9.56. The highest BCUT2D eigenvalue weighted by molar-refractivity contribution is 6.06. The van der Waals surface area contributed by atoms with Gasteiger partial charge in [-0.05, 0) is 22.3 Å². The van der Waals surface area contributed by atoms with Crippen LogP contribution >= 0.6 is 0 Å². The van der Waals surface area contributed by atoms with Crippen molar-refractivity contribution in [2.24, 2.45) is 0 Å². The van der Waals surface area contributed by atoms with Crippen LogP contribution in [-0.4, -0.2) is 5.78 Å². The SMILES string of the molecule is O=C(C=C=C1c2ccccc2-c2ccccc21)c1ccccc1. The molecule has 0 amide bonds. The van der Waals surface area contributed by atoms with E-state index in [0.29, 0.717) is 5.56 Å². The van der Waals surface area contributed by atoms with Gasteiger partial charge in [-0.2, -0.15) is 0 Å². The molecule has 0 aliphatic heterocycles. The molecule has 3 aromatic rings. The summed E-state index contributed by atoms with van der Waals surface area (Å²) in [6.07, 6.45) is 1.55. The minimum Gasteiger partial charge on any atom is -0.289 e. The fourth-order valence-electron chi connectivity index (χ4n) is 3.00. The number of benzene rings is 3. The summed E-state index contributed by atoms with van der Waals surface area (Å²) in [6, 6.07) is 25.8. The first-order valence-electron chi connectivity index (χ1n) is 7.60. The van der Waals surface area contributed by atoms with E-state index in [0.717, 1.165) is 16.7 Å². The van der Waals surface area contributed by atoms with Gasteiger partial charge in [0.05, 0.1) is 0 Å². The number of rotatable bonds is 2. The number of carbonyl (C=O) groups is 1. The van der Waals surface area contributed by atoms with Crippen molar-refractivity contribution in [2.45, 2.75) is 0 Å². The third kappa shape index (κ3) is 2.34. The van der Waals surface area contributed by atoms with Crippen molar-refractivity contribution in [2.75, 3.05) is 0 Å². The van der Waals surface area contributed by atoms with Gasteiger partial charge in [0.25, 0.3) is 0 Å². The van der Waals surface area contributed by atoms with Crippen molar-refractivity contribution in [1.82, 2.24) is 0 Å². The summed E-state index contributed by atoms with van der Waals surface area (Å²) in [5, 5.41) is 0. The molecular weight excluding hydrogens is 280 g/mol. The van der Waals surface area contributed by atoms with Crippen LogP contribution in [-0.2, 0) is 0 Å². The lowest BCUT2D eigenvalue weighted by atomic mass is 10.0. The van der Waals surface area contributed by atoms with Crippen LogP contribution in [0.3, 0.4) is 0 Å². The van der Waals surface area contributed by atoms with Gasteiger partial charge in [-0.15, -0.1) is 5.73 Å². The van der Waals surface area contributed by atoms with Crippen molar-refractivity contribution in [3.05, 3.63) is 107 Å². The van der Waals surface area contributed by atoms with Crippen LogP contribution in [0.15, 0.2) is 90.7 Å². The fourth-order valence-corrected chi connectivity index (χ4v) is 3.00. The summed E-state index contributed by atoms with van der Waals surface area (Å²) in [6.45, 7) is 0. The number of hydrogen-bond acceptors (Lipinski definition) is 1. The van der Waals surface area contributed by atoms with Gasteiger partial charge in [-0.25, -0.2) is 0 Å². The Morgan fingerprint density at radius 1 is 0.652 bits per heavy atom. The Kier molecular flexibility index (Phi) is 3.27. The van der Waals surface area contributed by atoms with E-state index in [1.807, 2.05) is 54.6 Å². The van der Waals surface area contributed by atoms with Gasteiger partial charge in [0.1, 0.15) is 0 Å². The zero-order valence-electron chi connectivity index (χ0n) is 12.5. The van der Waals surface area contributed by atoms with Crippen LogP contribution in [0.2, 0.25) is 0 Å². The maximum absolute atomic E-state index is 12.3. The van der Waals surface area contributed by atoms with E-state index in [2.05, 4.69) is 30.0 Å². The third-order valence-corrected chi connectivity index (χ3v) is 4.09. The van der Waals surface area contributed by atoms with E-state index in [9.17, 15) is 4.79 Å². The van der Waals surface area contributed by atoms with Gasteiger partial charge in [0.2, 0.25) is 0 Å². The molecule has 0 heterocycles.